The molecule has 116 valence electrons. The van der Waals surface area contributed by atoms with Crippen LogP contribution in [0.1, 0.15) is 70.9 Å². The van der Waals surface area contributed by atoms with E-state index in [4.69, 9.17) is 9.90 Å². The molecule has 20 heavy (non-hydrogen) atoms. The lowest BCUT2D eigenvalue weighted by Crippen LogP contribution is -2.10. The van der Waals surface area contributed by atoms with Crippen LogP contribution in [0.3, 0.4) is 0 Å². The van der Waals surface area contributed by atoms with Gasteiger partial charge >= 0.3 is 0 Å². The van der Waals surface area contributed by atoms with E-state index in [1.807, 2.05) is 13.8 Å². The lowest BCUT2D eigenvalue weighted by atomic mass is 9.81. The molecule has 0 spiro atoms. The first-order chi connectivity index (χ1) is 9.62. The maximum atomic E-state index is 8.36. The van der Waals surface area contributed by atoms with Crippen LogP contribution in [0.5, 0.6) is 0 Å². The van der Waals surface area contributed by atoms with Crippen LogP contribution in [0.25, 0.3) is 0 Å². The van der Waals surface area contributed by atoms with Gasteiger partial charge in [-0.3, -0.25) is 4.79 Å². The summed E-state index contributed by atoms with van der Waals surface area (Å²) in [7, 11) is 0. The highest BCUT2D eigenvalue weighted by Gasteiger charge is 2.17. The van der Waals surface area contributed by atoms with Crippen LogP contribution in [0, 0.1) is 12.8 Å². The second-order valence-corrected chi connectivity index (χ2v) is 4.71. The first kappa shape index (κ1) is 21.0. The van der Waals surface area contributed by atoms with E-state index in [1.165, 1.54) is 30.4 Å². The highest BCUT2D eigenvalue weighted by Crippen LogP contribution is 2.31. The smallest absolute Gasteiger partial charge is 0.290 e. The Morgan fingerprint density at radius 3 is 2.10 bits per heavy atom. The number of rotatable bonds is 5. The minimum Gasteiger partial charge on any atom is -0.483 e. The normalized spacial score (nSPS) is 12.1. The molecule has 1 N–H and O–H groups in total. The number of hydrogen-bond donors (Lipinski definition) is 1. The predicted molar refractivity (Wildman–Crippen MR) is 88.3 cm³/mol. The Labute approximate surface area is 125 Å². The van der Waals surface area contributed by atoms with Crippen LogP contribution < -0.4 is 0 Å². The topological polar surface area (TPSA) is 37.3 Å². The van der Waals surface area contributed by atoms with E-state index in [9.17, 15) is 0 Å². The standard InChI is InChI=1S/C15H24.C2H6.CH2O2/c1-5-9-14(6-2)13(4)15-11-8-7-10-12(15)3;1-2;2-1-3/h7-8,10-11,13-14H,5-6,9H2,1-4H3;1-2H3;1H,(H,2,3)/t13-,14?;;/m1../s1. The van der Waals surface area contributed by atoms with Gasteiger partial charge in [0, 0.05) is 0 Å². The largest absolute Gasteiger partial charge is 0.483 e. The summed E-state index contributed by atoms with van der Waals surface area (Å²) in [6, 6.07) is 8.81. The third-order valence-corrected chi connectivity index (χ3v) is 3.57. The average molecular weight is 280 g/mol. The van der Waals surface area contributed by atoms with Crippen LogP contribution in [-0.2, 0) is 4.79 Å². The van der Waals surface area contributed by atoms with Gasteiger partial charge in [0.25, 0.3) is 6.47 Å². The summed E-state index contributed by atoms with van der Waals surface area (Å²) in [4.78, 5) is 8.36. The molecule has 1 rings (SSSR count). The second kappa shape index (κ2) is 14.1. The van der Waals surface area contributed by atoms with E-state index in [1.54, 1.807) is 0 Å². The average Bonchev–Trinajstić information content (AvgIpc) is 2.47. The van der Waals surface area contributed by atoms with Gasteiger partial charge in [-0.25, -0.2) is 0 Å². The van der Waals surface area contributed by atoms with Crippen LogP contribution in [0.2, 0.25) is 0 Å². The van der Waals surface area contributed by atoms with Crippen molar-refractivity contribution in [2.75, 3.05) is 0 Å². The van der Waals surface area contributed by atoms with E-state index < -0.39 is 0 Å². The molecule has 2 atom stereocenters. The third kappa shape index (κ3) is 7.98. The second-order valence-electron chi connectivity index (χ2n) is 4.71. The Morgan fingerprint density at radius 2 is 1.70 bits per heavy atom. The lowest BCUT2D eigenvalue weighted by molar-refractivity contribution is -0.122. The van der Waals surface area contributed by atoms with Crippen LogP contribution in [0.15, 0.2) is 24.3 Å². The molecule has 2 heteroatoms. The SMILES string of the molecule is CC.CCCC(CC)[C@@H](C)c1ccccc1C.O=CO. The molecule has 0 radical (unpaired) electrons. The minimum atomic E-state index is -0.250. The maximum Gasteiger partial charge on any atom is 0.290 e. The van der Waals surface area contributed by atoms with Gasteiger partial charge in [0.15, 0.2) is 0 Å². The van der Waals surface area contributed by atoms with Crippen LogP contribution in [-0.4, -0.2) is 11.6 Å². The van der Waals surface area contributed by atoms with Crippen molar-refractivity contribution in [3.63, 3.8) is 0 Å². The van der Waals surface area contributed by atoms with Gasteiger partial charge in [-0.15, -0.1) is 0 Å². The van der Waals surface area contributed by atoms with Gasteiger partial charge in [-0.2, -0.15) is 0 Å². The molecule has 1 unspecified atom stereocenters. The number of carboxylic acid groups (broad SMARTS) is 1. The van der Waals surface area contributed by atoms with Gasteiger partial charge in [0.1, 0.15) is 0 Å². The number of hydrogen-bond acceptors (Lipinski definition) is 1. The van der Waals surface area contributed by atoms with Gasteiger partial charge in [-0.05, 0) is 29.9 Å². The van der Waals surface area contributed by atoms with Gasteiger partial charge in [0.05, 0.1) is 0 Å². The van der Waals surface area contributed by atoms with E-state index >= 15 is 0 Å². The zero-order valence-electron chi connectivity index (χ0n) is 14.0. The lowest BCUT2D eigenvalue weighted by Gasteiger charge is -2.24. The molecule has 1 aromatic carbocycles. The fourth-order valence-electron chi connectivity index (χ4n) is 2.53. The quantitative estimate of drug-likeness (QED) is 0.707. The first-order valence-electron chi connectivity index (χ1n) is 7.75. The summed E-state index contributed by atoms with van der Waals surface area (Å²) in [5, 5.41) is 6.89. The molecule has 1 aromatic rings. The van der Waals surface area contributed by atoms with Crippen molar-refractivity contribution in [3.05, 3.63) is 35.4 Å². The summed E-state index contributed by atoms with van der Waals surface area (Å²) >= 11 is 0. The molecule has 0 bridgehead atoms. The molecule has 0 aliphatic carbocycles. The fourth-order valence-corrected chi connectivity index (χ4v) is 2.53. The molecule has 0 aliphatic heterocycles. The Bertz CT molecular complexity index is 334. The van der Waals surface area contributed by atoms with Gasteiger partial charge in [-0.1, -0.05) is 78.1 Å². The maximum absolute atomic E-state index is 8.36. The Kier molecular flexibility index (Phi) is 14.8. The monoisotopic (exact) mass is 280 g/mol. The molecule has 0 aliphatic rings. The molecular formula is C18H32O2. The summed E-state index contributed by atoms with van der Waals surface area (Å²) < 4.78 is 0. The molecule has 0 aromatic heterocycles. The number of carbonyl (C=O) groups is 1. The van der Waals surface area contributed by atoms with E-state index in [0.29, 0.717) is 5.92 Å². The summed E-state index contributed by atoms with van der Waals surface area (Å²) in [6.07, 6.45) is 3.95. The van der Waals surface area contributed by atoms with Crippen molar-refractivity contribution in [3.8, 4) is 0 Å². The number of benzene rings is 1. The molecule has 2 nitrogen and oxygen atoms in total. The van der Waals surface area contributed by atoms with Crippen molar-refractivity contribution < 1.29 is 9.90 Å². The Morgan fingerprint density at radius 1 is 1.20 bits per heavy atom. The third-order valence-electron chi connectivity index (χ3n) is 3.57. The molecule has 0 fully saturated rings. The molecule has 0 saturated heterocycles. The Balaban J connectivity index is 0. The van der Waals surface area contributed by atoms with Crippen LogP contribution >= 0.6 is 0 Å². The predicted octanol–water partition coefficient (Wildman–Crippen LogP) is 5.65. The van der Waals surface area contributed by atoms with Crippen molar-refractivity contribution in [1.82, 2.24) is 0 Å². The van der Waals surface area contributed by atoms with Gasteiger partial charge in [0.2, 0.25) is 0 Å². The van der Waals surface area contributed by atoms with Crippen LogP contribution in [0.4, 0.5) is 0 Å². The van der Waals surface area contributed by atoms with Gasteiger partial charge < -0.3 is 5.11 Å². The zero-order valence-corrected chi connectivity index (χ0v) is 14.0. The molecular weight excluding hydrogens is 248 g/mol. The van der Waals surface area contributed by atoms with Crippen molar-refractivity contribution >= 4 is 6.47 Å². The van der Waals surface area contributed by atoms with E-state index in [-0.39, 0.29) is 6.47 Å². The zero-order chi connectivity index (χ0) is 16.0. The van der Waals surface area contributed by atoms with E-state index in [0.717, 1.165) is 5.92 Å². The molecule has 0 heterocycles. The number of aryl methyl sites for hydroxylation is 1. The summed E-state index contributed by atoms with van der Waals surface area (Å²) in [5.41, 5.74) is 2.98. The Hall–Kier alpha value is -1.31. The molecule has 0 saturated carbocycles. The summed E-state index contributed by atoms with van der Waals surface area (Å²) in [6.45, 7) is 13.0. The minimum absolute atomic E-state index is 0.250. The molecule has 0 amide bonds. The van der Waals surface area contributed by atoms with Crippen molar-refractivity contribution in [1.29, 1.82) is 0 Å². The summed E-state index contributed by atoms with van der Waals surface area (Å²) in [5.74, 6) is 1.55. The van der Waals surface area contributed by atoms with Crippen molar-refractivity contribution in [2.45, 2.75) is 66.7 Å². The van der Waals surface area contributed by atoms with E-state index in [2.05, 4.69) is 52.0 Å². The fraction of sp³-hybridized carbons (Fsp3) is 0.611. The first-order valence-corrected chi connectivity index (χ1v) is 7.75. The highest BCUT2D eigenvalue weighted by atomic mass is 16.3. The van der Waals surface area contributed by atoms with Crippen molar-refractivity contribution in [2.24, 2.45) is 5.92 Å². The highest BCUT2D eigenvalue weighted by molar-refractivity contribution is 5.32.